The van der Waals surface area contributed by atoms with Crippen molar-refractivity contribution < 1.29 is 0 Å². The van der Waals surface area contributed by atoms with Crippen molar-refractivity contribution in [3.05, 3.63) is 29.6 Å². The molecule has 96 valence electrons. The topological polar surface area (TPSA) is 28.2 Å². The molecule has 17 heavy (non-hydrogen) atoms. The van der Waals surface area contributed by atoms with Gasteiger partial charge in [0, 0.05) is 25.0 Å². The monoisotopic (exact) mass is 255 g/mol. The van der Waals surface area contributed by atoms with Crippen LogP contribution in [0.25, 0.3) is 0 Å². The molecule has 0 amide bonds. The van der Waals surface area contributed by atoms with Gasteiger partial charge in [0.2, 0.25) is 0 Å². The minimum atomic E-state index is 0. The molecule has 0 aromatic carbocycles. The zero-order chi connectivity index (χ0) is 11.4. The lowest BCUT2D eigenvalue weighted by molar-refractivity contribution is 0.194. The predicted molar refractivity (Wildman–Crippen MR) is 73.6 cm³/mol. The van der Waals surface area contributed by atoms with E-state index in [-0.39, 0.29) is 12.4 Å². The minimum absolute atomic E-state index is 0. The molecule has 4 heteroatoms. The summed E-state index contributed by atoms with van der Waals surface area (Å²) < 4.78 is 0. The third-order valence-corrected chi connectivity index (χ3v) is 3.54. The number of nitrogens with zero attached hydrogens (tertiary/aromatic N) is 2. The van der Waals surface area contributed by atoms with Gasteiger partial charge in [0.05, 0.1) is 0 Å². The van der Waals surface area contributed by atoms with Crippen LogP contribution in [0, 0.1) is 6.92 Å². The highest BCUT2D eigenvalue weighted by molar-refractivity contribution is 5.85. The molecule has 0 aliphatic carbocycles. The number of hydrogen-bond donors (Lipinski definition) is 1. The fourth-order valence-corrected chi connectivity index (χ4v) is 2.28. The number of aryl methyl sites for hydroxylation is 1. The van der Waals surface area contributed by atoms with Gasteiger partial charge in [-0.15, -0.1) is 12.4 Å². The molecule has 0 radical (unpaired) electrons. The fraction of sp³-hybridized carbons (Fsp3) is 0.615. The first-order chi connectivity index (χ1) is 7.79. The molecule has 1 aliphatic rings. The maximum Gasteiger partial charge on any atom is 0.0315 e. The van der Waals surface area contributed by atoms with Crippen LogP contribution in [0.2, 0.25) is 0 Å². The Bertz CT molecular complexity index is 335. The van der Waals surface area contributed by atoms with Crippen molar-refractivity contribution >= 4 is 12.4 Å². The molecule has 0 saturated carbocycles. The molecule has 1 aromatic heterocycles. The summed E-state index contributed by atoms with van der Waals surface area (Å²) in [7, 11) is 2.06. The van der Waals surface area contributed by atoms with E-state index >= 15 is 0 Å². The Morgan fingerprint density at radius 1 is 1.41 bits per heavy atom. The zero-order valence-corrected chi connectivity index (χ0v) is 11.5. The van der Waals surface area contributed by atoms with Crippen molar-refractivity contribution in [2.24, 2.45) is 0 Å². The van der Waals surface area contributed by atoms with E-state index in [4.69, 9.17) is 0 Å². The van der Waals surface area contributed by atoms with Crippen LogP contribution in [0.3, 0.4) is 0 Å². The fourth-order valence-electron chi connectivity index (χ4n) is 2.28. The van der Waals surface area contributed by atoms with Gasteiger partial charge < -0.3 is 5.32 Å². The molecule has 0 atom stereocenters. The molecule has 0 spiro atoms. The van der Waals surface area contributed by atoms with Crippen molar-refractivity contribution in [3.8, 4) is 0 Å². The number of rotatable bonds is 3. The molecule has 3 nitrogen and oxygen atoms in total. The molecule has 2 rings (SSSR count). The van der Waals surface area contributed by atoms with Crippen LogP contribution >= 0.6 is 12.4 Å². The van der Waals surface area contributed by atoms with Gasteiger partial charge in [-0.3, -0.25) is 9.88 Å². The summed E-state index contributed by atoms with van der Waals surface area (Å²) in [5, 5.41) is 3.36. The maximum absolute atomic E-state index is 4.20. The standard InChI is InChI=1S/C13H21N3.ClH/c1-11-3-6-15-9-12(11)10-16-7-4-13(14-2)5-8-16;/h3,6,9,13-14H,4-5,7-8,10H2,1-2H3;1H. The van der Waals surface area contributed by atoms with E-state index in [0.29, 0.717) is 6.04 Å². The first-order valence-corrected chi connectivity index (χ1v) is 6.08. The molecule has 2 heterocycles. The molecule has 1 N–H and O–H groups in total. The van der Waals surface area contributed by atoms with Gasteiger partial charge >= 0.3 is 0 Å². The van der Waals surface area contributed by atoms with Crippen molar-refractivity contribution in [1.82, 2.24) is 15.2 Å². The van der Waals surface area contributed by atoms with Gasteiger partial charge in [-0.25, -0.2) is 0 Å². The van der Waals surface area contributed by atoms with E-state index in [1.807, 2.05) is 12.4 Å². The minimum Gasteiger partial charge on any atom is -0.317 e. The largest absolute Gasteiger partial charge is 0.317 e. The van der Waals surface area contributed by atoms with Crippen LogP contribution in [0.15, 0.2) is 18.5 Å². The molecule has 0 bridgehead atoms. The van der Waals surface area contributed by atoms with E-state index in [1.165, 1.54) is 37.1 Å². The van der Waals surface area contributed by atoms with Gasteiger partial charge in [0.15, 0.2) is 0 Å². The number of piperidine rings is 1. The lowest BCUT2D eigenvalue weighted by atomic mass is 10.0. The summed E-state index contributed by atoms with van der Waals surface area (Å²) in [4.78, 5) is 6.73. The quantitative estimate of drug-likeness (QED) is 0.896. The van der Waals surface area contributed by atoms with E-state index < -0.39 is 0 Å². The SMILES string of the molecule is CNC1CCN(Cc2cnccc2C)CC1.Cl. The predicted octanol–water partition coefficient (Wildman–Crippen LogP) is 2.00. The second-order valence-electron chi connectivity index (χ2n) is 4.64. The summed E-state index contributed by atoms with van der Waals surface area (Å²) in [6, 6.07) is 2.81. The van der Waals surface area contributed by atoms with Crippen LogP contribution in [-0.4, -0.2) is 36.1 Å². The van der Waals surface area contributed by atoms with Crippen LogP contribution in [-0.2, 0) is 6.54 Å². The molecule has 1 saturated heterocycles. The van der Waals surface area contributed by atoms with Crippen LogP contribution in [0.1, 0.15) is 24.0 Å². The zero-order valence-electron chi connectivity index (χ0n) is 10.6. The van der Waals surface area contributed by atoms with Crippen molar-refractivity contribution in [2.75, 3.05) is 20.1 Å². The third kappa shape index (κ3) is 3.95. The highest BCUT2D eigenvalue weighted by atomic mass is 35.5. The number of likely N-dealkylation sites (tertiary alicyclic amines) is 1. The van der Waals surface area contributed by atoms with E-state index in [9.17, 15) is 0 Å². The Hall–Kier alpha value is -0.640. The summed E-state index contributed by atoms with van der Waals surface area (Å²) in [5.41, 5.74) is 2.72. The lowest BCUT2D eigenvalue weighted by Gasteiger charge is -2.31. The van der Waals surface area contributed by atoms with Crippen molar-refractivity contribution in [2.45, 2.75) is 32.4 Å². The lowest BCUT2D eigenvalue weighted by Crippen LogP contribution is -2.40. The van der Waals surface area contributed by atoms with Gasteiger partial charge in [0.1, 0.15) is 0 Å². The summed E-state index contributed by atoms with van der Waals surface area (Å²) in [6.45, 7) is 5.60. The van der Waals surface area contributed by atoms with E-state index in [2.05, 4.69) is 35.2 Å². The summed E-state index contributed by atoms with van der Waals surface area (Å²) in [5.74, 6) is 0. The smallest absolute Gasteiger partial charge is 0.0315 e. The first kappa shape index (κ1) is 14.4. The van der Waals surface area contributed by atoms with Gasteiger partial charge in [-0.1, -0.05) is 0 Å². The normalized spacial score (nSPS) is 17.8. The number of nitrogens with one attached hydrogen (secondary N) is 1. The second kappa shape index (κ2) is 6.94. The van der Waals surface area contributed by atoms with Crippen molar-refractivity contribution in [1.29, 1.82) is 0 Å². The summed E-state index contributed by atoms with van der Waals surface area (Å²) in [6.07, 6.45) is 6.39. The highest BCUT2D eigenvalue weighted by Crippen LogP contribution is 2.14. The van der Waals surface area contributed by atoms with Crippen molar-refractivity contribution in [3.63, 3.8) is 0 Å². The molecular weight excluding hydrogens is 234 g/mol. The average molecular weight is 256 g/mol. The van der Waals surface area contributed by atoms with Crippen LogP contribution < -0.4 is 5.32 Å². The number of aromatic nitrogens is 1. The molecule has 1 aliphatic heterocycles. The third-order valence-electron chi connectivity index (χ3n) is 3.54. The molecule has 0 unspecified atom stereocenters. The molecular formula is C13H22ClN3. The average Bonchev–Trinajstić information content (AvgIpc) is 2.33. The molecule has 1 aromatic rings. The Kier molecular flexibility index (Phi) is 5.89. The summed E-state index contributed by atoms with van der Waals surface area (Å²) >= 11 is 0. The number of hydrogen-bond acceptors (Lipinski definition) is 3. The Morgan fingerprint density at radius 2 is 2.12 bits per heavy atom. The molecule has 1 fully saturated rings. The van der Waals surface area contributed by atoms with Crippen LogP contribution in [0.4, 0.5) is 0 Å². The number of pyridine rings is 1. The highest BCUT2D eigenvalue weighted by Gasteiger charge is 2.17. The first-order valence-electron chi connectivity index (χ1n) is 6.08. The van der Waals surface area contributed by atoms with E-state index in [0.717, 1.165) is 6.54 Å². The Labute approximate surface area is 110 Å². The van der Waals surface area contributed by atoms with Gasteiger partial charge in [0.25, 0.3) is 0 Å². The van der Waals surface area contributed by atoms with Gasteiger partial charge in [-0.2, -0.15) is 0 Å². The Morgan fingerprint density at radius 3 is 2.71 bits per heavy atom. The second-order valence-corrected chi connectivity index (χ2v) is 4.64. The Balaban J connectivity index is 0.00000144. The van der Waals surface area contributed by atoms with E-state index in [1.54, 1.807) is 0 Å². The van der Waals surface area contributed by atoms with Gasteiger partial charge in [-0.05, 0) is 57.1 Å². The number of halogens is 1. The maximum atomic E-state index is 4.20. The van der Waals surface area contributed by atoms with Crippen LogP contribution in [0.5, 0.6) is 0 Å².